The second-order valence-corrected chi connectivity index (χ2v) is 9.57. The number of pyridine rings is 1. The predicted molar refractivity (Wildman–Crippen MR) is 133 cm³/mol. The summed E-state index contributed by atoms with van der Waals surface area (Å²) in [6, 6.07) is 10.2. The fraction of sp³-hybridized carbons (Fsp3) is 0.346. The number of fused-ring (bicyclic) bond motifs is 1. The highest BCUT2D eigenvalue weighted by Crippen LogP contribution is 2.35. The number of likely N-dealkylation sites (tertiary alicyclic amines) is 1. The average Bonchev–Trinajstić information content (AvgIpc) is 3.48. The molecule has 2 aliphatic rings. The normalized spacial score (nSPS) is 19.8. The number of carbonyl (C=O) groups excluding carboxylic acids is 3. The molecule has 9 nitrogen and oxygen atoms in total. The summed E-state index contributed by atoms with van der Waals surface area (Å²) in [5, 5.41) is 15.8. The van der Waals surface area contributed by atoms with Gasteiger partial charge < -0.3 is 20.0 Å². The van der Waals surface area contributed by atoms with Crippen LogP contribution in [0, 0.1) is 17.2 Å². The van der Waals surface area contributed by atoms with Gasteiger partial charge >= 0.3 is 0 Å². The van der Waals surface area contributed by atoms with Crippen LogP contribution in [0.2, 0.25) is 5.02 Å². The molecule has 2 aromatic heterocycles. The zero-order valence-electron chi connectivity index (χ0n) is 19.4. The van der Waals surface area contributed by atoms with Crippen molar-refractivity contribution in [3.8, 4) is 6.07 Å². The number of benzene rings is 1. The number of carbonyl (C=O) groups is 3. The monoisotopic (exact) mass is 505 g/mol. The van der Waals surface area contributed by atoms with Crippen LogP contribution >= 0.6 is 11.6 Å². The van der Waals surface area contributed by atoms with E-state index in [1.807, 2.05) is 4.90 Å². The smallest absolute Gasteiger partial charge is 0.294 e. The number of rotatable bonds is 5. The van der Waals surface area contributed by atoms with Gasteiger partial charge in [0, 0.05) is 36.5 Å². The van der Waals surface area contributed by atoms with E-state index in [4.69, 9.17) is 16.0 Å². The van der Waals surface area contributed by atoms with Crippen LogP contribution in [-0.4, -0.2) is 40.2 Å². The van der Waals surface area contributed by atoms with Crippen molar-refractivity contribution in [1.29, 1.82) is 5.26 Å². The maximum absolute atomic E-state index is 13.3. The van der Waals surface area contributed by atoms with E-state index < -0.39 is 5.91 Å². The van der Waals surface area contributed by atoms with Crippen LogP contribution in [0.25, 0.3) is 11.0 Å². The van der Waals surface area contributed by atoms with Crippen molar-refractivity contribution in [3.05, 3.63) is 52.9 Å². The molecule has 1 aromatic carbocycles. The molecule has 0 bridgehead atoms. The van der Waals surface area contributed by atoms with E-state index >= 15 is 0 Å². The molecule has 3 heterocycles. The van der Waals surface area contributed by atoms with Gasteiger partial charge in [0.25, 0.3) is 5.91 Å². The summed E-state index contributed by atoms with van der Waals surface area (Å²) in [4.78, 5) is 44.5. The predicted octanol–water partition coefficient (Wildman–Crippen LogP) is 4.72. The molecule has 1 saturated carbocycles. The Labute approximate surface area is 212 Å². The Kier molecular flexibility index (Phi) is 6.61. The van der Waals surface area contributed by atoms with Gasteiger partial charge in [0.05, 0.1) is 16.7 Å². The third-order valence-corrected chi connectivity index (χ3v) is 7.08. The largest absolute Gasteiger partial charge is 0.449 e. The number of halogens is 1. The zero-order chi connectivity index (χ0) is 25.2. The highest BCUT2D eigenvalue weighted by Gasteiger charge is 2.34. The Balaban J connectivity index is 1.37. The summed E-state index contributed by atoms with van der Waals surface area (Å²) in [6.45, 7) is 0.795. The second kappa shape index (κ2) is 9.99. The van der Waals surface area contributed by atoms with Crippen LogP contribution in [0.4, 0.5) is 11.5 Å². The number of hydrogen-bond donors (Lipinski definition) is 2. The van der Waals surface area contributed by atoms with Gasteiger partial charge in [0.15, 0.2) is 0 Å². The Hall–Kier alpha value is -3.90. The van der Waals surface area contributed by atoms with E-state index in [-0.39, 0.29) is 41.0 Å². The van der Waals surface area contributed by atoms with E-state index in [0.29, 0.717) is 40.8 Å². The van der Waals surface area contributed by atoms with Crippen LogP contribution in [0.1, 0.15) is 54.6 Å². The Morgan fingerprint density at radius 1 is 1.14 bits per heavy atom. The molecular weight excluding hydrogens is 482 g/mol. The first-order valence-electron chi connectivity index (χ1n) is 11.9. The molecule has 184 valence electrons. The van der Waals surface area contributed by atoms with Crippen LogP contribution < -0.4 is 10.6 Å². The molecule has 0 spiro atoms. The number of amides is 3. The molecule has 5 rings (SSSR count). The van der Waals surface area contributed by atoms with E-state index in [0.717, 1.165) is 25.8 Å². The SMILES string of the molecule is N#Cc1ccc2oc(C(=O)Nc3ccc(Cl)cn3)c(NC(=O)[C@H]3CC[C@H](N4CCCC4=O)CC3)c2c1. The van der Waals surface area contributed by atoms with Crippen molar-refractivity contribution < 1.29 is 18.8 Å². The minimum Gasteiger partial charge on any atom is -0.449 e. The van der Waals surface area contributed by atoms with Crippen molar-refractivity contribution in [1.82, 2.24) is 9.88 Å². The lowest BCUT2D eigenvalue weighted by atomic mass is 9.84. The Morgan fingerprint density at radius 3 is 2.61 bits per heavy atom. The van der Waals surface area contributed by atoms with Gasteiger partial charge in [0.2, 0.25) is 17.6 Å². The number of nitriles is 1. The van der Waals surface area contributed by atoms with Crippen LogP contribution in [0.15, 0.2) is 40.9 Å². The van der Waals surface area contributed by atoms with E-state index in [9.17, 15) is 19.6 Å². The van der Waals surface area contributed by atoms with Crippen LogP contribution in [0.5, 0.6) is 0 Å². The quantitative estimate of drug-likeness (QED) is 0.516. The third kappa shape index (κ3) is 4.77. The summed E-state index contributed by atoms with van der Waals surface area (Å²) in [7, 11) is 0. The molecule has 10 heteroatoms. The summed E-state index contributed by atoms with van der Waals surface area (Å²) < 4.78 is 5.81. The van der Waals surface area contributed by atoms with Crippen LogP contribution in [0.3, 0.4) is 0 Å². The molecule has 2 fully saturated rings. The van der Waals surface area contributed by atoms with Crippen molar-refractivity contribution >= 4 is 51.8 Å². The molecule has 36 heavy (non-hydrogen) atoms. The van der Waals surface area contributed by atoms with Crippen molar-refractivity contribution in [2.75, 3.05) is 17.2 Å². The van der Waals surface area contributed by atoms with Gasteiger partial charge in [-0.3, -0.25) is 14.4 Å². The van der Waals surface area contributed by atoms with Gasteiger partial charge in [-0.25, -0.2) is 4.98 Å². The standard InChI is InChI=1S/C26H24ClN5O4/c27-17-6-10-21(29-14-17)30-26(35)24-23(19-12-15(13-28)3-9-20(19)36-24)31-25(34)16-4-7-18(8-5-16)32-11-1-2-22(32)33/h3,6,9-10,12,14,16,18H,1-2,4-5,7-8,11H2,(H,31,34)(H,29,30,35)/t16-,18-. The fourth-order valence-corrected chi connectivity index (χ4v) is 5.12. The zero-order valence-corrected chi connectivity index (χ0v) is 20.2. The Morgan fingerprint density at radius 2 is 1.94 bits per heavy atom. The molecule has 0 radical (unpaired) electrons. The van der Waals surface area contributed by atoms with Gasteiger partial charge in [-0.2, -0.15) is 5.26 Å². The third-order valence-electron chi connectivity index (χ3n) is 6.86. The maximum Gasteiger partial charge on any atom is 0.294 e. The molecule has 0 unspecified atom stereocenters. The number of nitrogens with one attached hydrogen (secondary N) is 2. The molecule has 1 aliphatic heterocycles. The van der Waals surface area contributed by atoms with Crippen molar-refractivity contribution in [3.63, 3.8) is 0 Å². The lowest BCUT2D eigenvalue weighted by Gasteiger charge is -2.34. The summed E-state index contributed by atoms with van der Waals surface area (Å²) in [5.74, 6) is -0.670. The first-order valence-corrected chi connectivity index (χ1v) is 12.3. The second-order valence-electron chi connectivity index (χ2n) is 9.13. The number of aromatic nitrogens is 1. The lowest BCUT2D eigenvalue weighted by Crippen LogP contribution is -2.40. The van der Waals surface area contributed by atoms with Gasteiger partial charge in [-0.15, -0.1) is 0 Å². The minimum atomic E-state index is -0.592. The average molecular weight is 506 g/mol. The number of hydrogen-bond acceptors (Lipinski definition) is 6. The van der Waals surface area contributed by atoms with E-state index in [1.54, 1.807) is 30.3 Å². The summed E-state index contributed by atoms with van der Waals surface area (Å²) >= 11 is 5.87. The summed E-state index contributed by atoms with van der Waals surface area (Å²) in [5.41, 5.74) is 0.964. The fourth-order valence-electron chi connectivity index (χ4n) is 5.00. The maximum atomic E-state index is 13.3. The molecule has 0 atom stereocenters. The molecule has 3 amide bonds. The summed E-state index contributed by atoms with van der Waals surface area (Å²) in [6.07, 6.45) is 5.74. The topological polar surface area (TPSA) is 128 Å². The molecular formula is C26H24ClN5O4. The molecule has 3 aromatic rings. The number of furan rings is 1. The highest BCUT2D eigenvalue weighted by atomic mass is 35.5. The molecule has 2 N–H and O–H groups in total. The minimum absolute atomic E-state index is 0.0819. The van der Waals surface area contributed by atoms with E-state index in [1.165, 1.54) is 6.20 Å². The van der Waals surface area contributed by atoms with Gasteiger partial charge in [0.1, 0.15) is 17.1 Å². The molecule has 1 aliphatic carbocycles. The Bertz CT molecular complexity index is 1370. The van der Waals surface area contributed by atoms with Crippen molar-refractivity contribution in [2.24, 2.45) is 5.92 Å². The number of nitrogens with zero attached hydrogens (tertiary/aromatic N) is 3. The molecule has 1 saturated heterocycles. The van der Waals surface area contributed by atoms with Crippen LogP contribution in [-0.2, 0) is 9.59 Å². The first-order chi connectivity index (χ1) is 17.4. The van der Waals surface area contributed by atoms with E-state index in [2.05, 4.69) is 21.7 Å². The lowest BCUT2D eigenvalue weighted by molar-refractivity contribution is -0.130. The first kappa shape index (κ1) is 23.8. The van der Waals surface area contributed by atoms with Gasteiger partial charge in [-0.1, -0.05) is 11.6 Å². The highest BCUT2D eigenvalue weighted by molar-refractivity contribution is 6.30. The van der Waals surface area contributed by atoms with Gasteiger partial charge in [-0.05, 0) is 62.4 Å². The number of anilines is 2. The van der Waals surface area contributed by atoms with Crippen molar-refractivity contribution in [2.45, 2.75) is 44.6 Å².